The number of hydrogen-bond donors (Lipinski definition) is 3. The number of nitrogens with one attached hydrogen (secondary N) is 2. The Kier molecular flexibility index (Phi) is 4.72. The Bertz CT molecular complexity index is 556. The molecule has 1 aromatic carbocycles. The Morgan fingerprint density at radius 2 is 2.00 bits per heavy atom. The van der Waals surface area contributed by atoms with Crippen LogP contribution in [0.15, 0.2) is 22.7 Å². The second-order valence-corrected chi connectivity index (χ2v) is 5.88. The second-order valence-electron chi connectivity index (χ2n) is 5.02. The molecule has 1 aliphatic carbocycles. The molecule has 7 heteroatoms. The van der Waals surface area contributed by atoms with Crippen molar-refractivity contribution in [2.75, 3.05) is 12.4 Å². The highest BCUT2D eigenvalue weighted by molar-refractivity contribution is 9.10. The molecule has 2 rings (SSSR count). The highest BCUT2D eigenvalue weighted by Crippen LogP contribution is 2.31. The smallest absolute Gasteiger partial charge is 0.329 e. The summed E-state index contributed by atoms with van der Waals surface area (Å²) in [6.07, 6.45) is 2.52. The number of carbonyl (C=O) groups is 2. The molecular weight excluding hydrogens is 340 g/mol. The molecule has 0 saturated heterocycles. The van der Waals surface area contributed by atoms with Crippen molar-refractivity contribution in [2.45, 2.75) is 31.2 Å². The molecule has 0 heterocycles. The molecule has 0 aromatic heterocycles. The molecule has 1 aliphatic rings. The van der Waals surface area contributed by atoms with Gasteiger partial charge in [-0.25, -0.2) is 9.59 Å². The maximum atomic E-state index is 12.0. The molecule has 0 aliphatic heterocycles. The van der Waals surface area contributed by atoms with Crippen molar-refractivity contribution < 1.29 is 19.4 Å². The number of benzene rings is 1. The minimum absolute atomic E-state index is 0.458. The fourth-order valence-electron chi connectivity index (χ4n) is 2.49. The number of hydrogen-bond acceptors (Lipinski definition) is 3. The summed E-state index contributed by atoms with van der Waals surface area (Å²) in [6, 6.07) is 4.58. The van der Waals surface area contributed by atoms with E-state index in [0.717, 1.165) is 17.3 Å². The summed E-state index contributed by atoms with van der Waals surface area (Å²) in [5.41, 5.74) is -0.616. The Morgan fingerprint density at radius 3 is 2.57 bits per heavy atom. The summed E-state index contributed by atoms with van der Waals surface area (Å²) in [5, 5.41) is 14.6. The van der Waals surface area contributed by atoms with E-state index in [9.17, 15) is 14.7 Å². The molecule has 0 bridgehead atoms. The number of halogens is 1. The van der Waals surface area contributed by atoms with E-state index in [-0.39, 0.29) is 0 Å². The Hall–Kier alpha value is -1.76. The van der Waals surface area contributed by atoms with E-state index >= 15 is 0 Å². The lowest BCUT2D eigenvalue weighted by Crippen LogP contribution is -2.53. The van der Waals surface area contributed by atoms with Crippen molar-refractivity contribution in [3.05, 3.63) is 22.7 Å². The molecule has 0 radical (unpaired) electrons. The first-order valence-electron chi connectivity index (χ1n) is 6.63. The minimum atomic E-state index is -1.15. The maximum Gasteiger partial charge on any atom is 0.329 e. The normalized spacial score (nSPS) is 16.3. The molecule has 1 aromatic rings. The predicted octanol–water partition coefficient (Wildman–Crippen LogP) is 2.98. The van der Waals surface area contributed by atoms with Crippen molar-refractivity contribution in [1.29, 1.82) is 0 Å². The van der Waals surface area contributed by atoms with Gasteiger partial charge in [0.15, 0.2) is 0 Å². The fourth-order valence-corrected chi connectivity index (χ4v) is 2.90. The van der Waals surface area contributed by atoms with Gasteiger partial charge < -0.3 is 20.5 Å². The van der Waals surface area contributed by atoms with E-state index in [1.807, 2.05) is 0 Å². The molecule has 1 saturated carbocycles. The zero-order valence-electron chi connectivity index (χ0n) is 11.6. The minimum Gasteiger partial charge on any atom is -0.495 e. The highest BCUT2D eigenvalue weighted by Gasteiger charge is 2.42. The number of anilines is 1. The third-order valence-corrected chi connectivity index (χ3v) is 4.28. The number of carbonyl (C=O) groups excluding carboxylic acids is 1. The van der Waals surface area contributed by atoms with Crippen molar-refractivity contribution in [3.63, 3.8) is 0 Å². The Balaban J connectivity index is 2.06. The van der Waals surface area contributed by atoms with Crippen LogP contribution in [0.4, 0.5) is 10.5 Å². The van der Waals surface area contributed by atoms with E-state index in [0.29, 0.717) is 24.3 Å². The third-order valence-electron chi connectivity index (χ3n) is 3.63. The second kappa shape index (κ2) is 6.34. The fraction of sp³-hybridized carbons (Fsp3) is 0.429. The van der Waals surface area contributed by atoms with Crippen molar-refractivity contribution in [2.24, 2.45) is 0 Å². The molecular formula is C14H17BrN2O4. The number of rotatable bonds is 4. The molecule has 1 fully saturated rings. The zero-order chi connectivity index (χ0) is 15.5. The SMILES string of the molecule is COc1cc(NC(=O)NC2(C(=O)O)CCCC2)ccc1Br. The molecule has 2 amide bonds. The van der Waals surface area contributed by atoms with Gasteiger partial charge in [-0.3, -0.25) is 0 Å². The predicted molar refractivity (Wildman–Crippen MR) is 81.7 cm³/mol. The average molecular weight is 357 g/mol. The largest absolute Gasteiger partial charge is 0.495 e. The number of carboxylic acids is 1. The topological polar surface area (TPSA) is 87.7 Å². The lowest BCUT2D eigenvalue weighted by Gasteiger charge is -2.25. The van der Waals surface area contributed by atoms with Crippen LogP contribution in [0.2, 0.25) is 0 Å². The summed E-state index contributed by atoms with van der Waals surface area (Å²) in [7, 11) is 1.53. The van der Waals surface area contributed by atoms with E-state index in [1.54, 1.807) is 18.2 Å². The number of carboxylic acid groups (broad SMARTS) is 1. The van der Waals surface area contributed by atoms with E-state index in [1.165, 1.54) is 7.11 Å². The summed E-state index contributed by atoms with van der Waals surface area (Å²) in [5.74, 6) is -0.398. The highest BCUT2D eigenvalue weighted by atomic mass is 79.9. The monoisotopic (exact) mass is 356 g/mol. The number of methoxy groups -OCH3 is 1. The summed E-state index contributed by atoms with van der Waals surface area (Å²) >= 11 is 3.32. The van der Waals surface area contributed by atoms with Crippen LogP contribution in [-0.4, -0.2) is 29.8 Å². The van der Waals surface area contributed by atoms with Crippen molar-refractivity contribution in [1.82, 2.24) is 5.32 Å². The van der Waals surface area contributed by atoms with E-state index in [2.05, 4.69) is 26.6 Å². The van der Waals surface area contributed by atoms with E-state index in [4.69, 9.17) is 4.74 Å². The summed E-state index contributed by atoms with van der Waals surface area (Å²) in [4.78, 5) is 23.4. The number of ether oxygens (including phenoxy) is 1. The van der Waals surface area contributed by atoms with Gasteiger partial charge in [-0.15, -0.1) is 0 Å². The number of amides is 2. The first-order chi connectivity index (χ1) is 9.97. The first-order valence-corrected chi connectivity index (χ1v) is 7.42. The summed E-state index contributed by atoms with van der Waals surface area (Å²) in [6.45, 7) is 0. The van der Waals surface area contributed by atoms with Gasteiger partial charge in [0, 0.05) is 11.8 Å². The maximum absolute atomic E-state index is 12.0. The van der Waals surface area contributed by atoms with Gasteiger partial charge in [0.1, 0.15) is 11.3 Å². The Labute approximate surface area is 131 Å². The van der Waals surface area contributed by atoms with Crippen LogP contribution in [-0.2, 0) is 4.79 Å². The third kappa shape index (κ3) is 3.47. The lowest BCUT2D eigenvalue weighted by atomic mass is 9.98. The van der Waals surface area contributed by atoms with Gasteiger partial charge in [-0.2, -0.15) is 0 Å². The quantitative estimate of drug-likeness (QED) is 0.773. The van der Waals surface area contributed by atoms with Gasteiger partial charge in [0.05, 0.1) is 11.6 Å². The van der Waals surface area contributed by atoms with Gasteiger partial charge in [0.2, 0.25) is 0 Å². The van der Waals surface area contributed by atoms with Gasteiger partial charge in [-0.05, 0) is 40.9 Å². The van der Waals surface area contributed by atoms with Crippen LogP contribution in [0.1, 0.15) is 25.7 Å². The van der Waals surface area contributed by atoms with Gasteiger partial charge in [0.25, 0.3) is 0 Å². The summed E-state index contributed by atoms with van der Waals surface area (Å²) < 4.78 is 5.92. The molecule has 21 heavy (non-hydrogen) atoms. The van der Waals surface area contributed by atoms with Gasteiger partial charge >= 0.3 is 12.0 Å². The molecule has 3 N–H and O–H groups in total. The number of aliphatic carboxylic acids is 1. The van der Waals surface area contributed by atoms with Crippen LogP contribution in [0.3, 0.4) is 0 Å². The van der Waals surface area contributed by atoms with Crippen LogP contribution in [0, 0.1) is 0 Å². The van der Waals surface area contributed by atoms with Crippen LogP contribution < -0.4 is 15.4 Å². The average Bonchev–Trinajstić information content (AvgIpc) is 2.90. The van der Waals surface area contributed by atoms with Crippen molar-refractivity contribution >= 4 is 33.6 Å². The molecule has 6 nitrogen and oxygen atoms in total. The molecule has 0 unspecified atom stereocenters. The van der Waals surface area contributed by atoms with E-state index < -0.39 is 17.5 Å². The first kappa shape index (κ1) is 15.6. The molecule has 0 spiro atoms. The number of urea groups is 1. The van der Waals surface area contributed by atoms with Crippen LogP contribution in [0.25, 0.3) is 0 Å². The molecule has 0 atom stereocenters. The standard InChI is InChI=1S/C14H17BrN2O4/c1-21-11-8-9(4-5-10(11)15)16-13(20)17-14(12(18)19)6-2-3-7-14/h4-5,8H,2-3,6-7H2,1H3,(H,18,19)(H2,16,17,20). The Morgan fingerprint density at radius 1 is 1.33 bits per heavy atom. The van der Waals surface area contributed by atoms with Crippen LogP contribution in [0.5, 0.6) is 5.75 Å². The van der Waals surface area contributed by atoms with Crippen LogP contribution >= 0.6 is 15.9 Å². The van der Waals surface area contributed by atoms with Crippen molar-refractivity contribution in [3.8, 4) is 5.75 Å². The molecule has 114 valence electrons. The van der Waals surface area contributed by atoms with Gasteiger partial charge in [-0.1, -0.05) is 12.8 Å². The zero-order valence-corrected chi connectivity index (χ0v) is 13.2. The lowest BCUT2D eigenvalue weighted by molar-refractivity contribution is -0.144.